The van der Waals surface area contributed by atoms with Crippen LogP contribution >= 0.6 is 0 Å². The van der Waals surface area contributed by atoms with E-state index in [2.05, 4.69) is 187 Å². The van der Waals surface area contributed by atoms with Crippen LogP contribution in [0, 0.1) is 0 Å². The van der Waals surface area contributed by atoms with Crippen molar-refractivity contribution < 1.29 is 0 Å². The van der Waals surface area contributed by atoms with Crippen LogP contribution in [0.1, 0.15) is 79.0 Å². The van der Waals surface area contributed by atoms with Crippen molar-refractivity contribution in [3.05, 3.63) is 138 Å². The van der Waals surface area contributed by atoms with Crippen LogP contribution < -0.4 is 0 Å². The molecule has 0 amide bonds. The van der Waals surface area contributed by atoms with E-state index < -0.39 is 0 Å². The molecule has 260 valence electrons. The maximum absolute atomic E-state index is 5.61. The summed E-state index contributed by atoms with van der Waals surface area (Å²) < 4.78 is 2.34. The molecule has 0 aliphatic heterocycles. The number of fused-ring (bicyclic) bond motifs is 4. The Kier molecular flexibility index (Phi) is 7.80. The summed E-state index contributed by atoms with van der Waals surface area (Å²) in [7, 11) is 0. The lowest BCUT2D eigenvalue weighted by molar-refractivity contribution is 0.589. The molecule has 0 saturated heterocycles. The molecule has 1 N–H and O–H groups in total. The zero-order valence-electron chi connectivity index (χ0n) is 31.9. The molecule has 0 fully saturated rings. The number of aromatic amines is 1. The van der Waals surface area contributed by atoms with E-state index in [1.807, 2.05) is 6.20 Å². The minimum absolute atomic E-state index is 0.0388. The Bertz CT molecular complexity index is 2620. The standard InChI is InChI=1S/C48H48N4/c1-46(2,3)32-21-22-40-37(26-32)38-27-34(48(7,8)9)28-39(43(38)50-40)45-51-44-36(19-14-20-42(44)52(45)35-17-11-10-12-18-35)30-15-13-16-31(25-30)41-29-33(23-24-49-41)47(4,5)6/h10-29,50H,1-9H3. The second kappa shape index (κ2) is 12.1. The van der Waals surface area contributed by atoms with E-state index >= 15 is 0 Å². The third-order valence-electron chi connectivity index (χ3n) is 10.5. The predicted octanol–water partition coefficient (Wildman–Crippen LogP) is 12.9. The number of benzene rings is 5. The SMILES string of the molecule is CC(C)(C)c1ccnc(-c2cccc(-c3cccc4c3nc(-c3cc(C(C)(C)C)cc5c3[nH]c3ccc(C(C)(C)C)cc35)n4-c3ccccc3)c2)c1. The largest absolute Gasteiger partial charge is 0.354 e. The number of hydrogen-bond acceptors (Lipinski definition) is 2. The maximum Gasteiger partial charge on any atom is 0.147 e. The first kappa shape index (κ1) is 33.7. The molecular weight excluding hydrogens is 633 g/mol. The summed E-state index contributed by atoms with van der Waals surface area (Å²) in [5.41, 5.74) is 14.6. The summed E-state index contributed by atoms with van der Waals surface area (Å²) in [5, 5.41) is 2.48. The van der Waals surface area contributed by atoms with Gasteiger partial charge in [-0.15, -0.1) is 0 Å². The third-order valence-corrected chi connectivity index (χ3v) is 10.5. The molecule has 0 radical (unpaired) electrons. The molecule has 3 heterocycles. The topological polar surface area (TPSA) is 46.5 Å². The van der Waals surface area contributed by atoms with Crippen LogP contribution in [0.15, 0.2) is 121 Å². The number of para-hydroxylation sites is 2. The summed E-state index contributed by atoms with van der Waals surface area (Å²) in [6.45, 7) is 20.5. The summed E-state index contributed by atoms with van der Waals surface area (Å²) in [6.07, 6.45) is 1.93. The molecule has 5 aromatic carbocycles. The van der Waals surface area contributed by atoms with Gasteiger partial charge in [0.2, 0.25) is 0 Å². The van der Waals surface area contributed by atoms with Crippen molar-refractivity contribution in [2.75, 3.05) is 0 Å². The van der Waals surface area contributed by atoms with Crippen molar-refractivity contribution in [3.63, 3.8) is 0 Å². The smallest absolute Gasteiger partial charge is 0.147 e. The number of nitrogens with one attached hydrogen (secondary N) is 1. The van der Waals surface area contributed by atoms with Crippen molar-refractivity contribution in [1.82, 2.24) is 19.5 Å². The molecule has 0 unspecified atom stereocenters. The van der Waals surface area contributed by atoms with Crippen molar-refractivity contribution in [1.29, 1.82) is 0 Å². The Morgan fingerprint density at radius 1 is 0.538 bits per heavy atom. The van der Waals surface area contributed by atoms with Gasteiger partial charge in [-0.25, -0.2) is 4.98 Å². The normalized spacial score (nSPS) is 12.7. The van der Waals surface area contributed by atoms with E-state index in [0.29, 0.717) is 0 Å². The molecule has 8 rings (SSSR count). The zero-order chi connectivity index (χ0) is 36.6. The fraction of sp³-hybridized carbons (Fsp3) is 0.250. The molecule has 0 bridgehead atoms. The van der Waals surface area contributed by atoms with Gasteiger partial charge in [0.1, 0.15) is 5.82 Å². The summed E-state index contributed by atoms with van der Waals surface area (Å²) in [5.74, 6) is 0.919. The molecular formula is C48H48N4. The number of rotatable bonds is 4. The molecule has 0 aliphatic carbocycles. The molecule has 0 aliphatic rings. The average Bonchev–Trinajstić information content (AvgIpc) is 3.69. The second-order valence-corrected chi connectivity index (χ2v) is 17.4. The number of nitrogens with zero attached hydrogens (tertiary/aromatic N) is 3. The number of hydrogen-bond donors (Lipinski definition) is 1. The summed E-state index contributed by atoms with van der Waals surface area (Å²) in [4.78, 5) is 14.3. The van der Waals surface area contributed by atoms with Crippen LogP contribution in [0.5, 0.6) is 0 Å². The Hall–Kier alpha value is -5.48. The first-order valence-corrected chi connectivity index (χ1v) is 18.4. The van der Waals surface area contributed by atoms with Crippen LogP contribution in [0.4, 0.5) is 0 Å². The lowest BCUT2D eigenvalue weighted by Crippen LogP contribution is -2.11. The third kappa shape index (κ3) is 5.90. The lowest BCUT2D eigenvalue weighted by atomic mass is 9.84. The minimum Gasteiger partial charge on any atom is -0.354 e. The Morgan fingerprint density at radius 3 is 1.94 bits per heavy atom. The van der Waals surface area contributed by atoms with Crippen LogP contribution in [0.3, 0.4) is 0 Å². The van der Waals surface area contributed by atoms with Gasteiger partial charge in [0, 0.05) is 44.9 Å². The number of pyridine rings is 1. The molecule has 0 saturated carbocycles. The summed E-state index contributed by atoms with van der Waals surface area (Å²) >= 11 is 0. The minimum atomic E-state index is -0.0678. The Morgan fingerprint density at radius 2 is 1.21 bits per heavy atom. The zero-order valence-corrected chi connectivity index (χ0v) is 31.9. The van der Waals surface area contributed by atoms with Gasteiger partial charge in [-0.1, -0.05) is 117 Å². The number of imidazole rings is 1. The van der Waals surface area contributed by atoms with E-state index in [1.54, 1.807) is 0 Å². The highest BCUT2D eigenvalue weighted by Gasteiger charge is 2.25. The fourth-order valence-corrected chi connectivity index (χ4v) is 7.33. The van der Waals surface area contributed by atoms with Gasteiger partial charge < -0.3 is 4.98 Å². The van der Waals surface area contributed by atoms with Crippen molar-refractivity contribution in [3.8, 4) is 39.5 Å². The van der Waals surface area contributed by atoms with E-state index in [0.717, 1.165) is 61.5 Å². The van der Waals surface area contributed by atoms with E-state index in [1.165, 1.54) is 27.5 Å². The van der Waals surface area contributed by atoms with Gasteiger partial charge in [-0.3, -0.25) is 9.55 Å². The average molecular weight is 681 g/mol. The molecule has 4 nitrogen and oxygen atoms in total. The molecule has 0 atom stereocenters. The van der Waals surface area contributed by atoms with Crippen molar-refractivity contribution in [2.24, 2.45) is 0 Å². The quantitative estimate of drug-likeness (QED) is 0.201. The van der Waals surface area contributed by atoms with Crippen LogP contribution in [-0.2, 0) is 16.2 Å². The molecule has 8 aromatic rings. The number of H-pyrrole nitrogens is 1. The number of aromatic nitrogens is 4. The van der Waals surface area contributed by atoms with Crippen LogP contribution in [0.2, 0.25) is 0 Å². The summed E-state index contributed by atoms with van der Waals surface area (Å²) in [6, 6.07) is 41.9. The van der Waals surface area contributed by atoms with Gasteiger partial charge in [0.05, 0.1) is 22.2 Å². The van der Waals surface area contributed by atoms with Gasteiger partial charge in [0.15, 0.2) is 0 Å². The highest BCUT2D eigenvalue weighted by atomic mass is 15.1. The lowest BCUT2D eigenvalue weighted by Gasteiger charge is -2.21. The van der Waals surface area contributed by atoms with Gasteiger partial charge in [-0.05, 0) is 99.2 Å². The second-order valence-electron chi connectivity index (χ2n) is 17.4. The van der Waals surface area contributed by atoms with E-state index in [4.69, 9.17) is 9.97 Å². The van der Waals surface area contributed by atoms with E-state index in [9.17, 15) is 0 Å². The van der Waals surface area contributed by atoms with Gasteiger partial charge >= 0.3 is 0 Å². The van der Waals surface area contributed by atoms with Crippen LogP contribution in [-0.4, -0.2) is 19.5 Å². The predicted molar refractivity (Wildman–Crippen MR) is 221 cm³/mol. The molecule has 4 heteroatoms. The molecule has 52 heavy (non-hydrogen) atoms. The molecule has 0 spiro atoms. The first-order chi connectivity index (χ1) is 24.7. The van der Waals surface area contributed by atoms with Crippen LogP contribution in [0.25, 0.3) is 72.3 Å². The Balaban J connectivity index is 1.40. The van der Waals surface area contributed by atoms with Crippen molar-refractivity contribution in [2.45, 2.75) is 78.6 Å². The molecule has 3 aromatic heterocycles. The van der Waals surface area contributed by atoms with E-state index in [-0.39, 0.29) is 16.2 Å². The maximum atomic E-state index is 5.61. The first-order valence-electron chi connectivity index (χ1n) is 18.4. The fourth-order valence-electron chi connectivity index (χ4n) is 7.33. The van der Waals surface area contributed by atoms with Gasteiger partial charge in [-0.2, -0.15) is 0 Å². The van der Waals surface area contributed by atoms with Gasteiger partial charge in [0.25, 0.3) is 0 Å². The highest BCUT2D eigenvalue weighted by Crippen LogP contribution is 2.42. The monoisotopic (exact) mass is 680 g/mol. The highest BCUT2D eigenvalue weighted by molar-refractivity contribution is 6.12. The van der Waals surface area contributed by atoms with Crippen molar-refractivity contribution >= 4 is 32.8 Å². The Labute approximate surface area is 307 Å².